The van der Waals surface area contributed by atoms with Crippen LogP contribution in [0.5, 0.6) is 0 Å². The van der Waals surface area contributed by atoms with Crippen LogP contribution in [0.25, 0.3) is 0 Å². The molecule has 8 heteroatoms. The molecule has 0 radical (unpaired) electrons. The maximum atomic E-state index is 12.0. The van der Waals surface area contributed by atoms with E-state index in [0.717, 1.165) is 0 Å². The second-order valence-corrected chi connectivity index (χ2v) is 5.36. The molecule has 1 N–H and O–H groups in total. The predicted octanol–water partition coefficient (Wildman–Crippen LogP) is 1.37. The fraction of sp³-hybridized carbons (Fsp3) is 0.462. The van der Waals surface area contributed by atoms with Crippen molar-refractivity contribution >= 4 is 29.4 Å². The van der Waals surface area contributed by atoms with E-state index in [4.69, 9.17) is 4.74 Å². The van der Waals surface area contributed by atoms with Crippen LogP contribution >= 0.6 is 11.3 Å². The predicted molar refractivity (Wildman–Crippen MR) is 77.3 cm³/mol. The van der Waals surface area contributed by atoms with Crippen LogP contribution in [-0.4, -0.2) is 60.6 Å². The first kappa shape index (κ1) is 15.3. The van der Waals surface area contributed by atoms with Gasteiger partial charge in [0.05, 0.1) is 11.5 Å². The van der Waals surface area contributed by atoms with Crippen molar-refractivity contribution in [1.82, 2.24) is 15.1 Å². The van der Waals surface area contributed by atoms with Crippen molar-refractivity contribution in [3.63, 3.8) is 0 Å². The second kappa shape index (κ2) is 7.07. The zero-order valence-corrected chi connectivity index (χ0v) is 12.5. The molecule has 114 valence electrons. The quantitative estimate of drug-likeness (QED) is 0.895. The first-order chi connectivity index (χ1) is 10.1. The van der Waals surface area contributed by atoms with Crippen LogP contribution in [0, 0.1) is 0 Å². The number of urea groups is 1. The number of thiophene rings is 1. The van der Waals surface area contributed by atoms with Gasteiger partial charge in [0.15, 0.2) is 0 Å². The number of piperazine rings is 1. The van der Waals surface area contributed by atoms with Gasteiger partial charge in [-0.3, -0.25) is 10.1 Å². The summed E-state index contributed by atoms with van der Waals surface area (Å²) in [5.74, 6) is -0.400. The van der Waals surface area contributed by atoms with Gasteiger partial charge in [0.2, 0.25) is 0 Å². The summed E-state index contributed by atoms with van der Waals surface area (Å²) in [4.78, 5) is 38.9. The van der Waals surface area contributed by atoms with Crippen molar-refractivity contribution in [3.05, 3.63) is 22.4 Å². The molecule has 1 aromatic rings. The highest BCUT2D eigenvalue weighted by Crippen LogP contribution is 2.09. The van der Waals surface area contributed by atoms with Crippen molar-refractivity contribution in [3.8, 4) is 0 Å². The molecule has 2 rings (SSSR count). The molecule has 1 aromatic heterocycles. The van der Waals surface area contributed by atoms with Crippen molar-refractivity contribution in [2.75, 3.05) is 32.8 Å². The number of rotatable bonds is 2. The molecule has 0 atom stereocenters. The summed E-state index contributed by atoms with van der Waals surface area (Å²) in [5.41, 5.74) is 0. The molecule has 1 fully saturated rings. The average Bonchev–Trinajstić information content (AvgIpc) is 3.02. The second-order valence-electron chi connectivity index (χ2n) is 4.41. The van der Waals surface area contributed by atoms with E-state index in [1.807, 2.05) is 0 Å². The Balaban J connectivity index is 1.80. The smallest absolute Gasteiger partial charge is 0.409 e. The molecule has 4 amide bonds. The number of hydrogen-bond donors (Lipinski definition) is 1. The highest BCUT2D eigenvalue weighted by molar-refractivity contribution is 7.12. The highest BCUT2D eigenvalue weighted by atomic mass is 32.1. The molecule has 0 aliphatic carbocycles. The Kier molecular flexibility index (Phi) is 5.15. The maximum Gasteiger partial charge on any atom is 0.409 e. The van der Waals surface area contributed by atoms with Crippen LogP contribution in [0.4, 0.5) is 9.59 Å². The number of hydrogen-bond acceptors (Lipinski definition) is 5. The van der Waals surface area contributed by atoms with Gasteiger partial charge in [0.25, 0.3) is 5.91 Å². The van der Waals surface area contributed by atoms with E-state index in [1.54, 1.807) is 29.3 Å². The van der Waals surface area contributed by atoms with Crippen molar-refractivity contribution < 1.29 is 19.1 Å². The first-order valence-electron chi connectivity index (χ1n) is 6.67. The average molecular weight is 311 g/mol. The zero-order valence-electron chi connectivity index (χ0n) is 11.7. The van der Waals surface area contributed by atoms with E-state index < -0.39 is 11.9 Å². The third-order valence-electron chi connectivity index (χ3n) is 3.06. The Bertz CT molecular complexity index is 509. The lowest BCUT2D eigenvalue weighted by Crippen LogP contribution is -2.54. The topological polar surface area (TPSA) is 79.0 Å². The lowest BCUT2D eigenvalue weighted by atomic mass is 10.3. The molecule has 0 bridgehead atoms. The minimum atomic E-state index is -0.433. The number of ether oxygens (including phenoxy) is 1. The Labute approximate surface area is 126 Å². The number of nitrogens with one attached hydrogen (secondary N) is 1. The largest absolute Gasteiger partial charge is 0.450 e. The van der Waals surface area contributed by atoms with Gasteiger partial charge in [0.1, 0.15) is 0 Å². The summed E-state index contributed by atoms with van der Waals surface area (Å²) in [6.07, 6.45) is -0.368. The van der Waals surface area contributed by atoms with E-state index in [-0.39, 0.29) is 6.09 Å². The molecule has 1 aliphatic rings. The molecule has 21 heavy (non-hydrogen) atoms. The summed E-state index contributed by atoms with van der Waals surface area (Å²) in [5, 5.41) is 4.12. The number of nitrogens with zero attached hydrogens (tertiary/aromatic N) is 2. The molecule has 2 heterocycles. The lowest BCUT2D eigenvalue weighted by molar-refractivity contribution is 0.0821. The highest BCUT2D eigenvalue weighted by Gasteiger charge is 2.25. The van der Waals surface area contributed by atoms with Gasteiger partial charge in [-0.05, 0) is 18.4 Å². The van der Waals surface area contributed by atoms with Crippen LogP contribution < -0.4 is 5.32 Å². The monoisotopic (exact) mass is 311 g/mol. The fourth-order valence-corrected chi connectivity index (χ4v) is 2.57. The van der Waals surface area contributed by atoms with Crippen molar-refractivity contribution in [1.29, 1.82) is 0 Å². The third-order valence-corrected chi connectivity index (χ3v) is 3.93. The van der Waals surface area contributed by atoms with Crippen LogP contribution in [0.1, 0.15) is 16.6 Å². The Morgan fingerprint density at radius 3 is 2.48 bits per heavy atom. The van der Waals surface area contributed by atoms with E-state index in [1.165, 1.54) is 16.2 Å². The van der Waals surface area contributed by atoms with Gasteiger partial charge < -0.3 is 14.5 Å². The summed E-state index contributed by atoms with van der Waals surface area (Å²) in [6.45, 7) is 3.64. The minimum absolute atomic E-state index is 0.328. The van der Waals surface area contributed by atoms with Gasteiger partial charge in [0, 0.05) is 26.2 Å². The third kappa shape index (κ3) is 3.94. The molecule has 0 spiro atoms. The van der Waals surface area contributed by atoms with E-state index >= 15 is 0 Å². The van der Waals surface area contributed by atoms with Crippen LogP contribution in [-0.2, 0) is 4.74 Å². The lowest BCUT2D eigenvalue weighted by Gasteiger charge is -2.33. The summed E-state index contributed by atoms with van der Waals surface area (Å²) in [6, 6.07) is 2.98. The molecule has 1 saturated heterocycles. The van der Waals surface area contributed by atoms with Gasteiger partial charge >= 0.3 is 12.1 Å². The van der Waals surface area contributed by atoms with Crippen molar-refractivity contribution in [2.45, 2.75) is 6.92 Å². The summed E-state index contributed by atoms with van der Waals surface area (Å²) >= 11 is 1.28. The maximum absolute atomic E-state index is 12.0. The van der Waals surface area contributed by atoms with Crippen LogP contribution in [0.15, 0.2) is 17.5 Å². The number of imide groups is 1. The van der Waals surface area contributed by atoms with Crippen LogP contribution in [0.2, 0.25) is 0 Å². The molecule has 0 unspecified atom stereocenters. The molecule has 0 saturated carbocycles. The fourth-order valence-electron chi connectivity index (χ4n) is 1.95. The van der Waals surface area contributed by atoms with E-state index in [2.05, 4.69) is 5.32 Å². The number of carbonyl (C=O) groups excluding carboxylic acids is 3. The van der Waals surface area contributed by atoms with Crippen molar-refractivity contribution in [2.24, 2.45) is 0 Å². The Morgan fingerprint density at radius 2 is 1.90 bits per heavy atom. The van der Waals surface area contributed by atoms with E-state index in [9.17, 15) is 14.4 Å². The first-order valence-corrected chi connectivity index (χ1v) is 7.55. The minimum Gasteiger partial charge on any atom is -0.450 e. The SMILES string of the molecule is CCOC(=O)N1CCN(C(=O)NC(=O)c2cccs2)CC1. The summed E-state index contributed by atoms with van der Waals surface area (Å²) < 4.78 is 4.91. The Hall–Kier alpha value is -2.09. The summed E-state index contributed by atoms with van der Waals surface area (Å²) in [7, 11) is 0. The molecule has 7 nitrogen and oxygen atoms in total. The molecule has 1 aliphatic heterocycles. The van der Waals surface area contributed by atoms with Gasteiger partial charge in [-0.15, -0.1) is 11.3 Å². The molecule has 0 aromatic carbocycles. The molecular weight excluding hydrogens is 294 g/mol. The van der Waals surface area contributed by atoms with Gasteiger partial charge in [-0.1, -0.05) is 6.07 Å². The van der Waals surface area contributed by atoms with E-state index in [0.29, 0.717) is 37.7 Å². The Morgan fingerprint density at radius 1 is 1.24 bits per heavy atom. The normalized spacial score (nSPS) is 14.7. The standard InChI is InChI=1S/C13H17N3O4S/c1-2-20-13(19)16-7-5-15(6-8-16)12(18)14-11(17)10-4-3-9-21-10/h3-4,9H,2,5-8H2,1H3,(H,14,17,18). The zero-order chi connectivity index (χ0) is 15.2. The van der Waals surface area contributed by atoms with Gasteiger partial charge in [-0.25, -0.2) is 9.59 Å². The van der Waals surface area contributed by atoms with Crippen LogP contribution in [0.3, 0.4) is 0 Å². The molecular formula is C13H17N3O4S. The number of amides is 4. The number of carbonyl (C=O) groups is 3. The van der Waals surface area contributed by atoms with Gasteiger partial charge in [-0.2, -0.15) is 0 Å².